The van der Waals surface area contributed by atoms with E-state index in [1.165, 1.54) is 19.3 Å². The summed E-state index contributed by atoms with van der Waals surface area (Å²) in [6.07, 6.45) is 5.83. The third kappa shape index (κ3) is 10.1. The monoisotopic (exact) mass is 244 g/mol. The Labute approximate surface area is 105 Å². The molecule has 0 aromatic heterocycles. The number of hydrogen-bond acceptors (Lipinski definition) is 3. The summed E-state index contributed by atoms with van der Waals surface area (Å²) in [4.78, 5) is 4.34. The Morgan fingerprint density at radius 3 is 2.71 bits per heavy atom. The quantitative estimate of drug-likeness (QED) is 0.188. The van der Waals surface area contributed by atoms with Gasteiger partial charge in [-0.15, -0.1) is 0 Å². The van der Waals surface area contributed by atoms with Crippen LogP contribution in [0.1, 0.15) is 46.0 Å². The summed E-state index contributed by atoms with van der Waals surface area (Å²) in [7, 11) is 1.69. The number of hydrazine groups is 1. The van der Waals surface area contributed by atoms with Crippen molar-refractivity contribution >= 4 is 5.96 Å². The normalized spacial score (nSPS) is 13.5. The van der Waals surface area contributed by atoms with E-state index in [-0.39, 0.29) is 0 Å². The number of aliphatic imine (C=N–C) groups is 1. The van der Waals surface area contributed by atoms with Gasteiger partial charge in [0.25, 0.3) is 0 Å². The summed E-state index contributed by atoms with van der Waals surface area (Å²) in [6.45, 7) is 5.81. The van der Waals surface area contributed by atoms with Crippen LogP contribution in [0.2, 0.25) is 0 Å². The van der Waals surface area contributed by atoms with Gasteiger partial charge in [0.05, 0.1) is 0 Å². The topological polar surface area (TPSA) is 71.7 Å². The molecule has 102 valence electrons. The largest absolute Gasteiger partial charge is 0.385 e. The molecule has 4 N–H and O–H groups in total. The molecule has 0 saturated carbocycles. The second-order valence-corrected chi connectivity index (χ2v) is 4.26. The Kier molecular flexibility index (Phi) is 11.1. The number of guanidine groups is 1. The Balaban J connectivity index is 3.77. The molecule has 0 spiro atoms. The summed E-state index contributed by atoms with van der Waals surface area (Å²) in [5, 5.41) is 3.28. The van der Waals surface area contributed by atoms with E-state index in [1.807, 2.05) is 0 Å². The molecule has 1 unspecified atom stereocenters. The van der Waals surface area contributed by atoms with Gasteiger partial charge in [-0.05, 0) is 19.8 Å². The maximum Gasteiger partial charge on any atom is 0.205 e. The van der Waals surface area contributed by atoms with E-state index in [0.717, 1.165) is 26.0 Å². The number of nitrogens with zero attached hydrogens (tertiary/aromatic N) is 1. The number of rotatable bonds is 9. The molecule has 0 aromatic carbocycles. The molecule has 0 aromatic rings. The van der Waals surface area contributed by atoms with Crippen molar-refractivity contribution in [3.05, 3.63) is 0 Å². The van der Waals surface area contributed by atoms with E-state index in [2.05, 4.69) is 29.6 Å². The molecule has 5 heteroatoms. The number of ether oxygens (including phenoxy) is 1. The smallest absolute Gasteiger partial charge is 0.205 e. The van der Waals surface area contributed by atoms with Crippen LogP contribution in [0, 0.1) is 0 Å². The summed E-state index contributed by atoms with van der Waals surface area (Å²) in [6, 6.07) is 0.402. The van der Waals surface area contributed by atoms with Crippen molar-refractivity contribution in [2.24, 2.45) is 10.8 Å². The molecule has 0 rings (SSSR count). The molecule has 0 heterocycles. The van der Waals surface area contributed by atoms with E-state index in [1.54, 1.807) is 7.11 Å². The first-order chi connectivity index (χ1) is 8.24. The predicted octanol–water partition coefficient (Wildman–Crippen LogP) is 1.40. The van der Waals surface area contributed by atoms with Gasteiger partial charge in [-0.2, -0.15) is 0 Å². The number of nitrogens with two attached hydrogens (primary N) is 1. The number of unbranched alkanes of at least 4 members (excludes halogenated alkanes) is 2. The Bertz CT molecular complexity index is 197. The molecule has 0 bridgehead atoms. The van der Waals surface area contributed by atoms with Gasteiger partial charge < -0.3 is 10.1 Å². The first-order valence-corrected chi connectivity index (χ1v) is 6.51. The van der Waals surface area contributed by atoms with Crippen molar-refractivity contribution in [3.63, 3.8) is 0 Å². The van der Waals surface area contributed by atoms with E-state index >= 15 is 0 Å². The molecule has 0 aliphatic heterocycles. The van der Waals surface area contributed by atoms with Crippen LogP contribution in [-0.4, -0.2) is 32.3 Å². The molecule has 0 saturated heterocycles. The van der Waals surface area contributed by atoms with Crippen molar-refractivity contribution < 1.29 is 4.74 Å². The van der Waals surface area contributed by atoms with Crippen LogP contribution >= 0.6 is 0 Å². The summed E-state index contributed by atoms with van der Waals surface area (Å²) in [5.74, 6) is 6.09. The van der Waals surface area contributed by atoms with Gasteiger partial charge in [-0.3, -0.25) is 10.4 Å². The van der Waals surface area contributed by atoms with Crippen LogP contribution in [0.15, 0.2) is 4.99 Å². The number of hydrogen-bond donors (Lipinski definition) is 3. The zero-order valence-electron chi connectivity index (χ0n) is 11.5. The van der Waals surface area contributed by atoms with Gasteiger partial charge in [0.1, 0.15) is 0 Å². The maximum absolute atomic E-state index is 5.42. The van der Waals surface area contributed by atoms with Crippen LogP contribution in [0.5, 0.6) is 0 Å². The third-order valence-corrected chi connectivity index (χ3v) is 2.54. The van der Waals surface area contributed by atoms with Crippen LogP contribution in [0.3, 0.4) is 0 Å². The van der Waals surface area contributed by atoms with Crippen LogP contribution < -0.4 is 16.6 Å². The molecule has 1 atom stereocenters. The van der Waals surface area contributed by atoms with E-state index in [4.69, 9.17) is 10.6 Å². The Morgan fingerprint density at radius 1 is 1.35 bits per heavy atom. The average Bonchev–Trinajstić information content (AvgIpc) is 2.33. The van der Waals surface area contributed by atoms with E-state index < -0.39 is 0 Å². The summed E-state index contributed by atoms with van der Waals surface area (Å²) in [5.41, 5.74) is 2.60. The standard InChI is InChI=1S/C12H28N4O/c1-4-5-6-8-11(2)15-12(16-13)14-9-7-10-17-3/h11H,4-10,13H2,1-3H3,(H2,14,15,16). The third-order valence-electron chi connectivity index (χ3n) is 2.54. The fraction of sp³-hybridized carbons (Fsp3) is 0.917. The Hall–Kier alpha value is -0.810. The van der Waals surface area contributed by atoms with Crippen LogP contribution in [-0.2, 0) is 4.74 Å². The first kappa shape index (κ1) is 16.2. The second-order valence-electron chi connectivity index (χ2n) is 4.26. The molecule has 17 heavy (non-hydrogen) atoms. The van der Waals surface area contributed by atoms with E-state index in [9.17, 15) is 0 Å². The number of nitrogens with one attached hydrogen (secondary N) is 2. The van der Waals surface area contributed by atoms with Crippen molar-refractivity contribution in [3.8, 4) is 0 Å². The lowest BCUT2D eigenvalue weighted by Crippen LogP contribution is -2.45. The molecular formula is C12H28N4O. The molecule has 0 fully saturated rings. The van der Waals surface area contributed by atoms with Crippen molar-refractivity contribution in [2.75, 3.05) is 20.3 Å². The lowest BCUT2D eigenvalue weighted by Gasteiger charge is -2.16. The van der Waals surface area contributed by atoms with Gasteiger partial charge in [-0.25, -0.2) is 5.84 Å². The zero-order valence-corrected chi connectivity index (χ0v) is 11.5. The molecular weight excluding hydrogens is 216 g/mol. The maximum atomic E-state index is 5.42. The predicted molar refractivity (Wildman–Crippen MR) is 72.9 cm³/mol. The highest BCUT2D eigenvalue weighted by Crippen LogP contribution is 2.02. The minimum atomic E-state index is 0.402. The lowest BCUT2D eigenvalue weighted by atomic mass is 10.1. The number of methoxy groups -OCH3 is 1. The van der Waals surface area contributed by atoms with Crippen LogP contribution in [0.25, 0.3) is 0 Å². The minimum Gasteiger partial charge on any atom is -0.385 e. The minimum absolute atomic E-state index is 0.402. The fourth-order valence-electron chi connectivity index (χ4n) is 1.54. The van der Waals surface area contributed by atoms with Gasteiger partial charge in [0, 0.05) is 26.3 Å². The highest BCUT2D eigenvalue weighted by atomic mass is 16.5. The van der Waals surface area contributed by atoms with Gasteiger partial charge in [-0.1, -0.05) is 26.2 Å². The van der Waals surface area contributed by atoms with E-state index in [0.29, 0.717) is 12.0 Å². The molecule has 0 aliphatic carbocycles. The second kappa shape index (κ2) is 11.7. The van der Waals surface area contributed by atoms with Gasteiger partial charge in [0.15, 0.2) is 0 Å². The zero-order chi connectivity index (χ0) is 12.9. The first-order valence-electron chi connectivity index (χ1n) is 6.51. The highest BCUT2D eigenvalue weighted by Gasteiger charge is 2.03. The van der Waals surface area contributed by atoms with Gasteiger partial charge in [0.2, 0.25) is 5.96 Å². The van der Waals surface area contributed by atoms with Crippen molar-refractivity contribution in [2.45, 2.75) is 52.0 Å². The average molecular weight is 244 g/mol. The lowest BCUT2D eigenvalue weighted by molar-refractivity contribution is 0.197. The SMILES string of the molecule is CCCCCC(C)NC(=NCCCOC)NN. The summed E-state index contributed by atoms with van der Waals surface area (Å²) < 4.78 is 4.96. The molecule has 0 aliphatic rings. The van der Waals surface area contributed by atoms with Crippen molar-refractivity contribution in [1.29, 1.82) is 0 Å². The Morgan fingerprint density at radius 2 is 2.12 bits per heavy atom. The molecule has 5 nitrogen and oxygen atoms in total. The van der Waals surface area contributed by atoms with Crippen molar-refractivity contribution in [1.82, 2.24) is 10.7 Å². The molecule has 0 radical (unpaired) electrons. The summed E-state index contributed by atoms with van der Waals surface area (Å²) >= 11 is 0. The van der Waals surface area contributed by atoms with Gasteiger partial charge >= 0.3 is 0 Å². The molecule has 0 amide bonds. The van der Waals surface area contributed by atoms with Crippen LogP contribution in [0.4, 0.5) is 0 Å². The fourth-order valence-corrected chi connectivity index (χ4v) is 1.54. The highest BCUT2D eigenvalue weighted by molar-refractivity contribution is 5.79.